The van der Waals surface area contributed by atoms with Gasteiger partial charge < -0.3 is 10.4 Å². The Morgan fingerprint density at radius 2 is 1.77 bits per heavy atom. The highest BCUT2D eigenvalue weighted by molar-refractivity contribution is 7.90. The molecule has 7 nitrogen and oxygen atoms in total. The number of hydrogen-bond acceptors (Lipinski definition) is 5. The van der Waals surface area contributed by atoms with E-state index >= 15 is 0 Å². The number of aliphatic carboxylic acids is 1. The molecule has 2 aliphatic rings. The molecular formula is C31H42N2O5S. The van der Waals surface area contributed by atoms with Gasteiger partial charge in [0.05, 0.1) is 5.75 Å². The van der Waals surface area contributed by atoms with Gasteiger partial charge in [0.2, 0.25) is 0 Å². The smallest absolute Gasteiger partial charge is 0.326 e. The fourth-order valence-corrected chi connectivity index (χ4v) is 6.88. The van der Waals surface area contributed by atoms with Gasteiger partial charge in [-0.25, -0.2) is 13.2 Å². The van der Waals surface area contributed by atoms with Gasteiger partial charge >= 0.3 is 5.97 Å². The standard InChI is InChI=1S/C31H42N2O5S/c1-22-8-6-7-11-26(22)28-19-24(20-33-16-14-25(21-33)18-23-9-4-3-5-10-23)12-13-27(28)30(34)32-29(31(35)36)15-17-39(2,37)38/h6-8,11-13,19,23,25,29H,3-5,9-10,14-18,20-21H2,1-2H3,(H,32,34)(H,35,36). The minimum absolute atomic E-state index is 0.186. The molecule has 8 heteroatoms. The van der Waals surface area contributed by atoms with Crippen LogP contribution in [0.2, 0.25) is 0 Å². The number of aryl methyl sites for hydroxylation is 1. The molecule has 0 aromatic heterocycles. The van der Waals surface area contributed by atoms with Gasteiger partial charge in [-0.3, -0.25) is 9.69 Å². The summed E-state index contributed by atoms with van der Waals surface area (Å²) in [4.78, 5) is 27.6. The lowest BCUT2D eigenvalue weighted by Gasteiger charge is -2.24. The van der Waals surface area contributed by atoms with E-state index in [-0.39, 0.29) is 12.2 Å². The van der Waals surface area contributed by atoms with Crippen LogP contribution in [0.25, 0.3) is 11.1 Å². The van der Waals surface area contributed by atoms with Crippen molar-refractivity contribution in [2.45, 2.75) is 70.9 Å². The third-order valence-corrected chi connectivity index (χ3v) is 9.29. The molecule has 1 heterocycles. The van der Waals surface area contributed by atoms with Crippen LogP contribution in [-0.4, -0.2) is 61.4 Å². The van der Waals surface area contributed by atoms with Crippen molar-refractivity contribution in [2.75, 3.05) is 25.1 Å². The van der Waals surface area contributed by atoms with E-state index in [2.05, 4.69) is 16.3 Å². The number of carbonyl (C=O) groups is 2. The molecule has 0 spiro atoms. The molecule has 2 N–H and O–H groups in total. The molecule has 2 atom stereocenters. The molecule has 0 bridgehead atoms. The normalized spacial score (nSPS) is 19.6. The van der Waals surface area contributed by atoms with Crippen LogP contribution >= 0.6 is 0 Å². The Balaban J connectivity index is 1.51. The molecule has 0 radical (unpaired) electrons. The second-order valence-electron chi connectivity index (χ2n) is 11.6. The van der Waals surface area contributed by atoms with E-state index in [1.165, 1.54) is 44.9 Å². The minimum Gasteiger partial charge on any atom is -0.480 e. The van der Waals surface area contributed by atoms with Gasteiger partial charge in [0, 0.05) is 24.9 Å². The third kappa shape index (κ3) is 8.39. The lowest BCUT2D eigenvalue weighted by molar-refractivity contribution is -0.139. The number of amides is 1. The summed E-state index contributed by atoms with van der Waals surface area (Å²) in [5, 5.41) is 12.2. The fourth-order valence-electron chi connectivity index (χ4n) is 6.21. The molecule has 1 aliphatic heterocycles. The van der Waals surface area contributed by atoms with Crippen LogP contribution in [0.4, 0.5) is 0 Å². The number of hydrogen-bond donors (Lipinski definition) is 2. The Kier molecular flexibility index (Phi) is 9.83. The predicted molar refractivity (Wildman–Crippen MR) is 154 cm³/mol. The summed E-state index contributed by atoms with van der Waals surface area (Å²) < 4.78 is 23.2. The first-order valence-corrected chi connectivity index (χ1v) is 16.3. The van der Waals surface area contributed by atoms with Gasteiger partial charge in [-0.15, -0.1) is 0 Å². The number of nitrogens with one attached hydrogen (secondary N) is 1. The molecule has 212 valence electrons. The minimum atomic E-state index is -3.36. The van der Waals surface area contributed by atoms with E-state index in [1.807, 2.05) is 37.3 Å². The topological polar surface area (TPSA) is 104 Å². The number of sulfone groups is 1. The van der Waals surface area contributed by atoms with E-state index in [1.54, 1.807) is 6.07 Å². The van der Waals surface area contributed by atoms with E-state index < -0.39 is 27.8 Å². The molecule has 1 aliphatic carbocycles. The molecule has 1 saturated heterocycles. The highest BCUT2D eigenvalue weighted by atomic mass is 32.2. The van der Waals surface area contributed by atoms with Gasteiger partial charge in [0.15, 0.2) is 0 Å². The summed E-state index contributed by atoms with van der Waals surface area (Å²) in [6, 6.07) is 12.3. The third-order valence-electron chi connectivity index (χ3n) is 8.31. The van der Waals surface area contributed by atoms with Crippen molar-refractivity contribution in [3.05, 3.63) is 59.2 Å². The molecular weight excluding hydrogens is 512 g/mol. The van der Waals surface area contributed by atoms with E-state index in [4.69, 9.17) is 0 Å². The van der Waals surface area contributed by atoms with Crippen molar-refractivity contribution in [3.63, 3.8) is 0 Å². The molecule has 2 fully saturated rings. The molecule has 1 amide bonds. The molecule has 2 unspecified atom stereocenters. The Morgan fingerprint density at radius 3 is 2.46 bits per heavy atom. The number of carboxylic acid groups (broad SMARTS) is 1. The Labute approximate surface area is 232 Å². The second-order valence-corrected chi connectivity index (χ2v) is 13.9. The van der Waals surface area contributed by atoms with Gasteiger partial charge in [-0.05, 0) is 79.0 Å². The Bertz CT molecular complexity index is 1270. The fraction of sp³-hybridized carbons (Fsp3) is 0.548. The van der Waals surface area contributed by atoms with E-state index in [0.29, 0.717) is 5.56 Å². The summed E-state index contributed by atoms with van der Waals surface area (Å²) in [6.45, 7) is 5.00. The monoisotopic (exact) mass is 554 g/mol. The number of rotatable bonds is 11. The summed E-state index contributed by atoms with van der Waals surface area (Å²) >= 11 is 0. The quantitative estimate of drug-likeness (QED) is 0.402. The summed E-state index contributed by atoms with van der Waals surface area (Å²) in [5.41, 5.74) is 4.20. The van der Waals surface area contributed by atoms with Gasteiger partial charge in [0.25, 0.3) is 5.91 Å². The SMILES string of the molecule is Cc1ccccc1-c1cc(CN2CCC(CC3CCCCC3)C2)ccc1C(=O)NC(CCS(C)(=O)=O)C(=O)O. The van der Waals surface area contributed by atoms with Crippen LogP contribution in [0.1, 0.15) is 72.9 Å². The molecule has 39 heavy (non-hydrogen) atoms. The van der Waals surface area contributed by atoms with Crippen molar-refractivity contribution >= 4 is 21.7 Å². The Morgan fingerprint density at radius 1 is 1.03 bits per heavy atom. The first kappa shape index (κ1) is 29.3. The van der Waals surface area contributed by atoms with Crippen molar-refractivity contribution in [3.8, 4) is 11.1 Å². The summed E-state index contributed by atoms with van der Waals surface area (Å²) in [5.74, 6) is -0.437. The zero-order chi connectivity index (χ0) is 28.0. The maximum atomic E-state index is 13.3. The zero-order valence-electron chi connectivity index (χ0n) is 23.2. The van der Waals surface area contributed by atoms with Crippen LogP contribution in [0.3, 0.4) is 0 Å². The summed E-state index contributed by atoms with van der Waals surface area (Å²) in [6.07, 6.45) is 10.4. The number of carbonyl (C=O) groups excluding carboxylic acids is 1. The first-order valence-electron chi connectivity index (χ1n) is 14.2. The first-order chi connectivity index (χ1) is 18.6. The zero-order valence-corrected chi connectivity index (χ0v) is 24.0. The average Bonchev–Trinajstić information content (AvgIpc) is 3.33. The van der Waals surface area contributed by atoms with Crippen LogP contribution in [0, 0.1) is 18.8 Å². The van der Waals surface area contributed by atoms with Crippen LogP contribution < -0.4 is 5.32 Å². The largest absolute Gasteiger partial charge is 0.480 e. The molecule has 1 saturated carbocycles. The number of likely N-dealkylation sites (tertiary alicyclic amines) is 1. The molecule has 4 rings (SSSR count). The van der Waals surface area contributed by atoms with Crippen LogP contribution in [0.15, 0.2) is 42.5 Å². The number of carboxylic acids is 1. The predicted octanol–water partition coefficient (Wildman–Crippen LogP) is 5.07. The van der Waals surface area contributed by atoms with Crippen molar-refractivity contribution < 1.29 is 23.1 Å². The van der Waals surface area contributed by atoms with Crippen molar-refractivity contribution in [2.24, 2.45) is 11.8 Å². The van der Waals surface area contributed by atoms with Gasteiger partial charge in [0.1, 0.15) is 15.9 Å². The van der Waals surface area contributed by atoms with Crippen molar-refractivity contribution in [1.82, 2.24) is 10.2 Å². The lowest BCUT2D eigenvalue weighted by atomic mass is 9.82. The Hall–Kier alpha value is -2.71. The highest BCUT2D eigenvalue weighted by Gasteiger charge is 2.27. The van der Waals surface area contributed by atoms with E-state index in [0.717, 1.165) is 60.0 Å². The van der Waals surface area contributed by atoms with Gasteiger partial charge in [-0.2, -0.15) is 0 Å². The van der Waals surface area contributed by atoms with Gasteiger partial charge in [-0.1, -0.05) is 62.4 Å². The van der Waals surface area contributed by atoms with E-state index in [9.17, 15) is 23.1 Å². The highest BCUT2D eigenvalue weighted by Crippen LogP contribution is 2.34. The maximum absolute atomic E-state index is 13.3. The van der Waals surface area contributed by atoms with Crippen LogP contribution in [-0.2, 0) is 21.2 Å². The number of benzene rings is 2. The number of nitrogens with zero attached hydrogens (tertiary/aromatic N) is 1. The van der Waals surface area contributed by atoms with Crippen molar-refractivity contribution in [1.29, 1.82) is 0 Å². The lowest BCUT2D eigenvalue weighted by Crippen LogP contribution is -2.42. The average molecular weight is 555 g/mol. The molecule has 2 aromatic carbocycles. The maximum Gasteiger partial charge on any atom is 0.326 e. The van der Waals surface area contributed by atoms with Crippen LogP contribution in [0.5, 0.6) is 0 Å². The molecule has 2 aromatic rings. The summed E-state index contributed by atoms with van der Waals surface area (Å²) in [7, 11) is -3.36. The second kappa shape index (κ2) is 13.1.